The zero-order valence-corrected chi connectivity index (χ0v) is 11.3. The maximum absolute atomic E-state index is 11.6. The van der Waals surface area contributed by atoms with Gasteiger partial charge in [0.2, 0.25) is 5.91 Å². The minimum Gasteiger partial charge on any atom is -0.388 e. The second kappa shape index (κ2) is 5.11. The first kappa shape index (κ1) is 13.1. The third-order valence-electron chi connectivity index (χ3n) is 4.02. The monoisotopic (exact) mass is 247 g/mol. The van der Waals surface area contributed by atoms with Crippen molar-refractivity contribution in [2.75, 3.05) is 11.9 Å². The quantitative estimate of drug-likeness (QED) is 0.888. The van der Waals surface area contributed by atoms with Crippen LogP contribution < -0.4 is 4.90 Å². The van der Waals surface area contributed by atoms with E-state index in [1.807, 2.05) is 18.2 Å². The molecule has 0 aliphatic carbocycles. The molecule has 0 fully saturated rings. The van der Waals surface area contributed by atoms with Crippen molar-refractivity contribution in [2.45, 2.75) is 39.2 Å². The lowest BCUT2D eigenvalue weighted by atomic mass is 9.90. The van der Waals surface area contributed by atoms with Gasteiger partial charge in [-0.15, -0.1) is 0 Å². The van der Waals surface area contributed by atoms with Crippen molar-refractivity contribution in [3.05, 3.63) is 29.3 Å². The molecule has 0 aromatic heterocycles. The Morgan fingerprint density at radius 1 is 1.33 bits per heavy atom. The minimum absolute atomic E-state index is 0.124. The largest absolute Gasteiger partial charge is 0.388 e. The Morgan fingerprint density at radius 3 is 2.61 bits per heavy atom. The van der Waals surface area contributed by atoms with Crippen LogP contribution in [-0.4, -0.2) is 18.1 Å². The number of amides is 1. The lowest BCUT2D eigenvalue weighted by Crippen LogP contribution is -2.20. The van der Waals surface area contributed by atoms with Crippen LogP contribution in [0.2, 0.25) is 0 Å². The van der Waals surface area contributed by atoms with E-state index in [2.05, 4.69) is 13.8 Å². The molecule has 1 aromatic rings. The third-order valence-corrected chi connectivity index (χ3v) is 4.02. The van der Waals surface area contributed by atoms with Gasteiger partial charge in [-0.3, -0.25) is 4.79 Å². The average molecular weight is 247 g/mol. The van der Waals surface area contributed by atoms with Crippen molar-refractivity contribution in [3.8, 4) is 0 Å². The molecule has 1 aliphatic rings. The molecular weight excluding hydrogens is 226 g/mol. The van der Waals surface area contributed by atoms with E-state index in [9.17, 15) is 9.90 Å². The summed E-state index contributed by atoms with van der Waals surface area (Å²) in [6.07, 6.45) is 1.96. The van der Waals surface area contributed by atoms with Crippen LogP contribution in [0.15, 0.2) is 18.2 Å². The van der Waals surface area contributed by atoms with Gasteiger partial charge in [0.1, 0.15) is 0 Å². The number of aliphatic hydroxyl groups excluding tert-OH is 1. The van der Waals surface area contributed by atoms with E-state index in [-0.39, 0.29) is 11.8 Å². The summed E-state index contributed by atoms with van der Waals surface area (Å²) in [5.74, 6) is 0.414. The molecule has 0 spiro atoms. The number of benzene rings is 1. The smallest absolute Gasteiger partial charge is 0.231 e. The molecule has 3 nitrogen and oxygen atoms in total. The van der Waals surface area contributed by atoms with E-state index >= 15 is 0 Å². The summed E-state index contributed by atoms with van der Waals surface area (Å²) < 4.78 is 0. The average Bonchev–Trinajstić information content (AvgIpc) is 2.66. The van der Waals surface area contributed by atoms with Crippen LogP contribution in [0, 0.1) is 5.92 Å². The number of anilines is 1. The predicted octanol–water partition coefficient (Wildman–Crippen LogP) is 2.68. The van der Waals surface area contributed by atoms with Gasteiger partial charge in [-0.1, -0.05) is 38.8 Å². The molecule has 0 bridgehead atoms. The molecule has 1 aromatic carbocycles. The fourth-order valence-electron chi connectivity index (χ4n) is 2.68. The summed E-state index contributed by atoms with van der Waals surface area (Å²) >= 11 is 0. The summed E-state index contributed by atoms with van der Waals surface area (Å²) in [6.45, 7) is 4.20. The molecule has 2 rings (SSSR count). The molecule has 1 unspecified atom stereocenters. The van der Waals surface area contributed by atoms with Crippen molar-refractivity contribution in [3.63, 3.8) is 0 Å². The van der Waals surface area contributed by atoms with Crippen LogP contribution in [-0.2, 0) is 11.2 Å². The number of hydrogen-bond acceptors (Lipinski definition) is 2. The van der Waals surface area contributed by atoms with E-state index < -0.39 is 6.10 Å². The zero-order chi connectivity index (χ0) is 13.3. The SMILES string of the molecule is CCC(CC)C(O)c1ccc2c(c1)CC(=O)N2C. The van der Waals surface area contributed by atoms with E-state index in [4.69, 9.17) is 0 Å². The highest BCUT2D eigenvalue weighted by Gasteiger charge is 2.26. The Morgan fingerprint density at radius 2 is 2.00 bits per heavy atom. The first-order chi connectivity index (χ1) is 8.58. The standard InChI is InChI=1S/C15H21NO2/c1-4-10(5-2)15(18)11-6-7-13-12(8-11)9-14(17)16(13)3/h6-8,10,15,18H,4-5,9H2,1-3H3. The predicted molar refractivity (Wildman–Crippen MR) is 72.6 cm³/mol. The number of nitrogens with zero attached hydrogens (tertiary/aromatic N) is 1. The molecule has 1 aliphatic heterocycles. The maximum atomic E-state index is 11.6. The van der Waals surface area contributed by atoms with Crippen LogP contribution in [0.1, 0.15) is 43.9 Å². The van der Waals surface area contributed by atoms with Gasteiger partial charge in [0.25, 0.3) is 0 Å². The lowest BCUT2D eigenvalue weighted by molar-refractivity contribution is -0.117. The van der Waals surface area contributed by atoms with E-state index in [1.165, 1.54) is 0 Å². The fourth-order valence-corrected chi connectivity index (χ4v) is 2.68. The Bertz CT molecular complexity index is 452. The number of fused-ring (bicyclic) bond motifs is 1. The molecule has 98 valence electrons. The van der Waals surface area contributed by atoms with Crippen molar-refractivity contribution in [1.82, 2.24) is 0 Å². The van der Waals surface area contributed by atoms with Gasteiger partial charge < -0.3 is 10.0 Å². The van der Waals surface area contributed by atoms with E-state index in [0.717, 1.165) is 29.7 Å². The Kier molecular flexibility index (Phi) is 3.71. The van der Waals surface area contributed by atoms with E-state index in [0.29, 0.717) is 6.42 Å². The van der Waals surface area contributed by atoms with Gasteiger partial charge in [-0.25, -0.2) is 0 Å². The number of carbonyl (C=O) groups is 1. The summed E-state index contributed by atoms with van der Waals surface area (Å²) in [5, 5.41) is 10.3. The molecule has 1 N–H and O–H groups in total. The summed E-state index contributed by atoms with van der Waals surface area (Å²) in [6, 6.07) is 5.87. The van der Waals surface area contributed by atoms with Crippen LogP contribution in [0.3, 0.4) is 0 Å². The van der Waals surface area contributed by atoms with E-state index in [1.54, 1.807) is 11.9 Å². The molecule has 0 radical (unpaired) electrons. The van der Waals surface area contributed by atoms with Gasteiger partial charge in [0.15, 0.2) is 0 Å². The van der Waals surface area contributed by atoms with Crippen LogP contribution in [0.5, 0.6) is 0 Å². The van der Waals surface area contributed by atoms with Crippen molar-refractivity contribution in [2.24, 2.45) is 5.92 Å². The Labute approximate surface area is 108 Å². The van der Waals surface area contributed by atoms with Gasteiger partial charge in [0.05, 0.1) is 12.5 Å². The molecule has 1 atom stereocenters. The number of carbonyl (C=O) groups excluding carboxylic acids is 1. The molecule has 1 heterocycles. The van der Waals surface area contributed by atoms with Crippen LogP contribution in [0.25, 0.3) is 0 Å². The summed E-state index contributed by atoms with van der Waals surface area (Å²) in [7, 11) is 1.80. The van der Waals surface area contributed by atoms with Gasteiger partial charge in [0, 0.05) is 12.7 Å². The Balaban J connectivity index is 2.28. The fraction of sp³-hybridized carbons (Fsp3) is 0.533. The number of hydrogen-bond donors (Lipinski definition) is 1. The summed E-state index contributed by atoms with van der Waals surface area (Å²) in [4.78, 5) is 13.3. The second-order valence-corrected chi connectivity index (χ2v) is 5.04. The normalized spacial score (nSPS) is 16.3. The molecule has 1 amide bonds. The van der Waals surface area contributed by atoms with Crippen LogP contribution in [0.4, 0.5) is 5.69 Å². The third kappa shape index (κ3) is 2.15. The molecule has 18 heavy (non-hydrogen) atoms. The highest BCUT2D eigenvalue weighted by molar-refractivity contribution is 6.00. The number of likely N-dealkylation sites (N-methyl/N-ethyl adjacent to an activating group) is 1. The van der Waals surface area contributed by atoms with Crippen molar-refractivity contribution in [1.29, 1.82) is 0 Å². The first-order valence-corrected chi connectivity index (χ1v) is 6.65. The van der Waals surface area contributed by atoms with Crippen molar-refractivity contribution >= 4 is 11.6 Å². The summed E-state index contributed by atoms with van der Waals surface area (Å²) in [5.41, 5.74) is 2.94. The minimum atomic E-state index is -0.425. The topological polar surface area (TPSA) is 40.5 Å². The van der Waals surface area contributed by atoms with Crippen LogP contribution >= 0.6 is 0 Å². The zero-order valence-electron chi connectivity index (χ0n) is 11.3. The van der Waals surface area contributed by atoms with Crippen molar-refractivity contribution < 1.29 is 9.90 Å². The Hall–Kier alpha value is -1.35. The molecule has 0 saturated carbocycles. The number of rotatable bonds is 4. The molecule has 0 saturated heterocycles. The van der Waals surface area contributed by atoms with Gasteiger partial charge in [-0.2, -0.15) is 0 Å². The van der Waals surface area contributed by atoms with Gasteiger partial charge in [-0.05, 0) is 23.1 Å². The highest BCUT2D eigenvalue weighted by atomic mass is 16.3. The lowest BCUT2D eigenvalue weighted by Gasteiger charge is -2.21. The number of aliphatic hydroxyl groups is 1. The van der Waals surface area contributed by atoms with Gasteiger partial charge >= 0.3 is 0 Å². The first-order valence-electron chi connectivity index (χ1n) is 6.65. The molecular formula is C15H21NO2. The second-order valence-electron chi connectivity index (χ2n) is 5.04. The molecule has 3 heteroatoms. The highest BCUT2D eigenvalue weighted by Crippen LogP contribution is 2.33. The maximum Gasteiger partial charge on any atom is 0.231 e.